The van der Waals surface area contributed by atoms with Crippen molar-refractivity contribution in [2.75, 3.05) is 5.32 Å². The van der Waals surface area contributed by atoms with Crippen molar-refractivity contribution in [1.29, 1.82) is 0 Å². The molecule has 2 aromatic carbocycles. The van der Waals surface area contributed by atoms with Gasteiger partial charge < -0.3 is 11.1 Å². The van der Waals surface area contributed by atoms with Gasteiger partial charge in [0.05, 0.1) is 20.7 Å². The number of benzene rings is 2. The third-order valence-electron chi connectivity index (χ3n) is 2.70. The van der Waals surface area contributed by atoms with Crippen LogP contribution in [-0.2, 0) is 0 Å². The number of hydrogen-bond acceptors (Lipinski definition) is 2. The maximum absolute atomic E-state index is 13.9. The number of anilines is 1. The number of rotatable bonds is 3. The topological polar surface area (TPSA) is 55.1 Å². The molecule has 3 nitrogen and oxygen atoms in total. The molecule has 0 atom stereocenters. The summed E-state index contributed by atoms with van der Waals surface area (Å²) < 4.78 is 14.1. The number of hydrogen-bond donors (Lipinski definition) is 2. The van der Waals surface area contributed by atoms with Crippen LogP contribution in [0.1, 0.15) is 15.9 Å². The van der Waals surface area contributed by atoms with Gasteiger partial charge in [-0.1, -0.05) is 36.0 Å². The Morgan fingerprint density at radius 2 is 2.05 bits per heavy atom. The first kappa shape index (κ1) is 15.9. The monoisotopic (exact) mass is 386 g/mol. The summed E-state index contributed by atoms with van der Waals surface area (Å²) >= 11 is 13.9. The standard InChI is InChI=1S/C14H9BrClFN2OS/c15-9-3-1-2-8(12(9)17)14(20)19-11-6-7(13(18)21)4-5-10(11)16/h1-6H,(H2,18,21)(H,19,20). The zero-order valence-electron chi connectivity index (χ0n) is 10.5. The van der Waals surface area contributed by atoms with E-state index in [1.54, 1.807) is 24.3 Å². The molecule has 0 heterocycles. The molecule has 0 bridgehead atoms. The fourth-order valence-corrected chi connectivity index (χ4v) is 2.30. The molecule has 0 fully saturated rings. The van der Waals surface area contributed by atoms with E-state index in [9.17, 15) is 9.18 Å². The largest absolute Gasteiger partial charge is 0.389 e. The summed E-state index contributed by atoms with van der Waals surface area (Å²) in [5, 5.41) is 2.85. The predicted octanol–water partition coefficient (Wildman–Crippen LogP) is 4.13. The molecule has 0 unspecified atom stereocenters. The summed E-state index contributed by atoms with van der Waals surface area (Å²) in [6, 6.07) is 9.18. The minimum Gasteiger partial charge on any atom is -0.389 e. The van der Waals surface area contributed by atoms with Gasteiger partial charge in [0.1, 0.15) is 10.8 Å². The minimum atomic E-state index is -0.642. The van der Waals surface area contributed by atoms with Gasteiger partial charge in [-0.2, -0.15) is 0 Å². The maximum atomic E-state index is 13.9. The molecule has 2 rings (SSSR count). The van der Waals surface area contributed by atoms with Gasteiger partial charge >= 0.3 is 0 Å². The first-order valence-electron chi connectivity index (χ1n) is 5.75. The van der Waals surface area contributed by atoms with Crippen LogP contribution in [0.4, 0.5) is 10.1 Å². The van der Waals surface area contributed by atoms with Gasteiger partial charge in [0.2, 0.25) is 0 Å². The summed E-state index contributed by atoms with van der Waals surface area (Å²) in [7, 11) is 0. The Morgan fingerprint density at radius 1 is 1.33 bits per heavy atom. The van der Waals surface area contributed by atoms with Crippen LogP contribution >= 0.6 is 39.7 Å². The van der Waals surface area contributed by atoms with Crippen molar-refractivity contribution in [3.8, 4) is 0 Å². The van der Waals surface area contributed by atoms with Gasteiger partial charge in [0.15, 0.2) is 0 Å². The maximum Gasteiger partial charge on any atom is 0.258 e. The highest BCUT2D eigenvalue weighted by Crippen LogP contribution is 2.25. The minimum absolute atomic E-state index is 0.0961. The van der Waals surface area contributed by atoms with Crippen LogP contribution in [0.2, 0.25) is 5.02 Å². The fraction of sp³-hybridized carbons (Fsp3) is 0. The Morgan fingerprint density at radius 3 is 2.71 bits per heavy atom. The first-order chi connectivity index (χ1) is 9.90. The highest BCUT2D eigenvalue weighted by molar-refractivity contribution is 9.10. The average Bonchev–Trinajstić information content (AvgIpc) is 2.43. The molecule has 3 N–H and O–H groups in total. The van der Waals surface area contributed by atoms with E-state index >= 15 is 0 Å². The summed E-state index contributed by atoms with van der Waals surface area (Å²) in [5.74, 6) is -1.26. The van der Waals surface area contributed by atoms with Gasteiger partial charge in [0, 0.05) is 5.56 Å². The fourth-order valence-electron chi connectivity index (χ4n) is 1.64. The zero-order valence-corrected chi connectivity index (χ0v) is 13.7. The molecule has 21 heavy (non-hydrogen) atoms. The number of halogens is 3. The van der Waals surface area contributed by atoms with E-state index in [4.69, 9.17) is 29.6 Å². The van der Waals surface area contributed by atoms with Crippen LogP contribution in [-0.4, -0.2) is 10.9 Å². The van der Waals surface area contributed by atoms with E-state index < -0.39 is 11.7 Å². The van der Waals surface area contributed by atoms with Crippen LogP contribution in [0.5, 0.6) is 0 Å². The molecule has 0 aliphatic heterocycles. The number of carbonyl (C=O) groups excluding carboxylic acids is 1. The number of nitrogens with one attached hydrogen (secondary N) is 1. The van der Waals surface area contributed by atoms with E-state index in [1.807, 2.05) is 0 Å². The number of amides is 1. The average molecular weight is 388 g/mol. The summed E-state index contributed by atoms with van der Waals surface area (Å²) in [4.78, 5) is 12.3. The number of thiocarbonyl (C=S) groups is 1. The lowest BCUT2D eigenvalue weighted by Crippen LogP contribution is -2.15. The Balaban J connectivity index is 2.33. The highest BCUT2D eigenvalue weighted by atomic mass is 79.9. The van der Waals surface area contributed by atoms with Crippen molar-refractivity contribution in [3.05, 3.63) is 62.8 Å². The van der Waals surface area contributed by atoms with E-state index in [2.05, 4.69) is 21.2 Å². The van der Waals surface area contributed by atoms with Gasteiger partial charge in [0.25, 0.3) is 5.91 Å². The molecule has 0 aliphatic rings. The van der Waals surface area contributed by atoms with Crippen LogP contribution in [0, 0.1) is 5.82 Å². The Bertz CT molecular complexity index is 739. The second kappa shape index (κ2) is 6.51. The Labute approximate surface area is 139 Å². The molecule has 0 saturated carbocycles. The van der Waals surface area contributed by atoms with Crippen molar-refractivity contribution in [1.82, 2.24) is 0 Å². The normalized spacial score (nSPS) is 10.2. The molecule has 108 valence electrons. The van der Waals surface area contributed by atoms with Gasteiger partial charge in [-0.05, 0) is 40.2 Å². The first-order valence-corrected chi connectivity index (χ1v) is 7.33. The molecular weight excluding hydrogens is 379 g/mol. The molecule has 0 aliphatic carbocycles. The second-order valence-electron chi connectivity index (χ2n) is 4.11. The van der Waals surface area contributed by atoms with E-state index in [1.165, 1.54) is 12.1 Å². The van der Waals surface area contributed by atoms with Crippen LogP contribution in [0.15, 0.2) is 40.9 Å². The lowest BCUT2D eigenvalue weighted by molar-refractivity contribution is 0.102. The quantitative estimate of drug-likeness (QED) is 0.779. The zero-order chi connectivity index (χ0) is 15.6. The molecule has 7 heteroatoms. The SMILES string of the molecule is NC(=S)c1ccc(Cl)c(NC(=O)c2cccc(Br)c2F)c1. The van der Waals surface area contributed by atoms with Crippen molar-refractivity contribution in [3.63, 3.8) is 0 Å². The lowest BCUT2D eigenvalue weighted by Gasteiger charge is -2.10. The van der Waals surface area contributed by atoms with Gasteiger partial charge in [-0.3, -0.25) is 4.79 Å². The van der Waals surface area contributed by atoms with E-state index in [0.717, 1.165) is 0 Å². The van der Waals surface area contributed by atoms with E-state index in [-0.39, 0.29) is 15.0 Å². The number of carbonyl (C=O) groups is 1. The third kappa shape index (κ3) is 3.58. The van der Waals surface area contributed by atoms with Crippen molar-refractivity contribution in [2.45, 2.75) is 0 Å². The van der Waals surface area contributed by atoms with Crippen LogP contribution in [0.3, 0.4) is 0 Å². The van der Waals surface area contributed by atoms with Crippen LogP contribution < -0.4 is 11.1 Å². The predicted molar refractivity (Wildman–Crippen MR) is 89.4 cm³/mol. The van der Waals surface area contributed by atoms with Crippen LogP contribution in [0.25, 0.3) is 0 Å². The molecule has 2 aromatic rings. The van der Waals surface area contributed by atoms with Gasteiger partial charge in [-0.15, -0.1) is 0 Å². The smallest absolute Gasteiger partial charge is 0.258 e. The molecule has 0 aromatic heterocycles. The lowest BCUT2D eigenvalue weighted by atomic mass is 10.1. The van der Waals surface area contributed by atoms with Crippen molar-refractivity contribution in [2.24, 2.45) is 5.73 Å². The third-order valence-corrected chi connectivity index (χ3v) is 3.87. The molecule has 0 radical (unpaired) electrons. The second-order valence-corrected chi connectivity index (χ2v) is 5.82. The van der Waals surface area contributed by atoms with Gasteiger partial charge in [-0.25, -0.2) is 4.39 Å². The molecular formula is C14H9BrClFN2OS. The Hall–Kier alpha value is -1.50. The summed E-state index contributed by atoms with van der Waals surface area (Å²) in [5.41, 5.74) is 6.30. The molecule has 0 spiro atoms. The number of nitrogens with two attached hydrogens (primary N) is 1. The molecule has 1 amide bonds. The summed E-state index contributed by atoms with van der Waals surface area (Å²) in [6.07, 6.45) is 0. The van der Waals surface area contributed by atoms with Crippen molar-refractivity contribution >= 4 is 56.3 Å². The highest BCUT2D eigenvalue weighted by Gasteiger charge is 2.15. The molecule has 0 saturated heterocycles. The summed E-state index contributed by atoms with van der Waals surface area (Å²) in [6.45, 7) is 0. The van der Waals surface area contributed by atoms with E-state index in [0.29, 0.717) is 16.3 Å². The Kier molecular flexibility index (Phi) is 4.92. The van der Waals surface area contributed by atoms with Crippen molar-refractivity contribution < 1.29 is 9.18 Å².